The van der Waals surface area contributed by atoms with Crippen LogP contribution in [0.25, 0.3) is 0 Å². The summed E-state index contributed by atoms with van der Waals surface area (Å²) in [5.41, 5.74) is 3.03. The highest BCUT2D eigenvalue weighted by molar-refractivity contribution is 5.80. The van der Waals surface area contributed by atoms with Gasteiger partial charge in [-0.3, -0.25) is 9.36 Å². The van der Waals surface area contributed by atoms with Crippen LogP contribution in [0, 0.1) is 11.2 Å². The van der Waals surface area contributed by atoms with Crippen molar-refractivity contribution in [2.45, 2.75) is 25.4 Å². The standard InChI is InChI=1S/C11H12FN3O5/c1-11-5(3-19-9(11)17)20-8(6(11)16)15-2-4(12)7(13)14-10(15)18/h2,5-6,8,16H,3H2,1H3,(H2,13,14,18)/t5-,6?,8?,11+/m1/s1. The van der Waals surface area contributed by atoms with E-state index in [9.17, 15) is 19.1 Å². The van der Waals surface area contributed by atoms with Crippen LogP contribution in [0.3, 0.4) is 0 Å². The third-order valence-electron chi connectivity index (χ3n) is 3.87. The van der Waals surface area contributed by atoms with Gasteiger partial charge >= 0.3 is 11.7 Å². The fourth-order valence-electron chi connectivity index (χ4n) is 2.50. The van der Waals surface area contributed by atoms with Crippen molar-refractivity contribution in [1.82, 2.24) is 9.55 Å². The van der Waals surface area contributed by atoms with Gasteiger partial charge in [-0.05, 0) is 6.92 Å². The molecule has 0 bridgehead atoms. The molecule has 2 unspecified atom stereocenters. The monoisotopic (exact) mass is 285 g/mol. The molecule has 9 heteroatoms. The summed E-state index contributed by atoms with van der Waals surface area (Å²) in [5, 5.41) is 10.3. The van der Waals surface area contributed by atoms with E-state index in [-0.39, 0.29) is 6.61 Å². The Morgan fingerprint density at radius 3 is 2.95 bits per heavy atom. The van der Waals surface area contributed by atoms with Crippen molar-refractivity contribution in [3.8, 4) is 0 Å². The third-order valence-corrected chi connectivity index (χ3v) is 3.87. The van der Waals surface area contributed by atoms with Gasteiger partial charge in [-0.1, -0.05) is 0 Å². The first kappa shape index (κ1) is 13.0. The number of hydrogen-bond acceptors (Lipinski definition) is 7. The number of aliphatic hydroxyl groups excluding tert-OH is 1. The van der Waals surface area contributed by atoms with Gasteiger partial charge in [-0.25, -0.2) is 9.18 Å². The van der Waals surface area contributed by atoms with Crippen molar-refractivity contribution in [1.29, 1.82) is 0 Å². The van der Waals surface area contributed by atoms with E-state index in [4.69, 9.17) is 15.2 Å². The van der Waals surface area contributed by atoms with Gasteiger partial charge in [0.15, 0.2) is 17.9 Å². The number of aliphatic hydroxyl groups is 1. The maximum atomic E-state index is 13.4. The summed E-state index contributed by atoms with van der Waals surface area (Å²) >= 11 is 0. The minimum Gasteiger partial charge on any atom is -0.462 e. The lowest BCUT2D eigenvalue weighted by molar-refractivity contribution is -0.151. The van der Waals surface area contributed by atoms with Crippen molar-refractivity contribution in [3.63, 3.8) is 0 Å². The van der Waals surface area contributed by atoms with Crippen LogP contribution in [-0.2, 0) is 14.3 Å². The predicted molar refractivity (Wildman–Crippen MR) is 61.9 cm³/mol. The maximum Gasteiger partial charge on any atom is 0.351 e. The quantitative estimate of drug-likeness (QED) is 0.621. The number of nitrogens with two attached hydrogens (primary N) is 1. The average Bonchev–Trinajstić information content (AvgIpc) is 2.81. The lowest BCUT2D eigenvalue weighted by atomic mass is 9.82. The number of fused-ring (bicyclic) bond motifs is 1. The highest BCUT2D eigenvalue weighted by atomic mass is 19.1. The predicted octanol–water partition coefficient (Wildman–Crippen LogP) is -1.21. The largest absolute Gasteiger partial charge is 0.462 e. The third kappa shape index (κ3) is 1.50. The summed E-state index contributed by atoms with van der Waals surface area (Å²) in [6, 6.07) is 0. The summed E-state index contributed by atoms with van der Waals surface area (Å²) in [6.07, 6.45) is -2.48. The molecule has 108 valence electrons. The number of aromatic nitrogens is 2. The Morgan fingerprint density at radius 2 is 2.30 bits per heavy atom. The highest BCUT2D eigenvalue weighted by Crippen LogP contribution is 2.47. The number of anilines is 1. The summed E-state index contributed by atoms with van der Waals surface area (Å²) in [5.74, 6) is -2.07. The number of hydrogen-bond donors (Lipinski definition) is 2. The Hall–Kier alpha value is -2.00. The second-order valence-electron chi connectivity index (χ2n) is 5.01. The molecule has 4 atom stereocenters. The van der Waals surface area contributed by atoms with Gasteiger partial charge in [0.05, 0.1) is 6.20 Å². The zero-order valence-corrected chi connectivity index (χ0v) is 10.4. The Morgan fingerprint density at radius 1 is 1.60 bits per heavy atom. The second kappa shape index (κ2) is 4.00. The molecule has 0 amide bonds. The van der Waals surface area contributed by atoms with E-state index in [0.29, 0.717) is 0 Å². The van der Waals surface area contributed by atoms with E-state index in [0.717, 1.165) is 10.8 Å². The maximum absolute atomic E-state index is 13.4. The van der Waals surface area contributed by atoms with E-state index in [1.165, 1.54) is 6.92 Å². The second-order valence-corrected chi connectivity index (χ2v) is 5.01. The molecular formula is C11H12FN3O5. The topological polar surface area (TPSA) is 117 Å². The van der Waals surface area contributed by atoms with E-state index >= 15 is 0 Å². The van der Waals surface area contributed by atoms with E-state index in [2.05, 4.69) is 4.98 Å². The minimum absolute atomic E-state index is 0.0253. The Bertz CT molecular complexity index is 647. The van der Waals surface area contributed by atoms with Crippen LogP contribution in [0.5, 0.6) is 0 Å². The van der Waals surface area contributed by atoms with Crippen LogP contribution in [0.15, 0.2) is 11.0 Å². The van der Waals surface area contributed by atoms with Crippen molar-refractivity contribution in [2.24, 2.45) is 5.41 Å². The highest BCUT2D eigenvalue weighted by Gasteiger charge is 2.63. The zero-order valence-electron chi connectivity index (χ0n) is 10.4. The average molecular weight is 285 g/mol. The Labute approximate surface area is 111 Å². The summed E-state index contributed by atoms with van der Waals surface area (Å²) < 4.78 is 24.5. The molecule has 0 aromatic carbocycles. The number of halogens is 1. The van der Waals surface area contributed by atoms with Crippen molar-refractivity contribution in [3.05, 3.63) is 22.5 Å². The molecule has 2 saturated heterocycles. The molecule has 2 aliphatic rings. The fraction of sp³-hybridized carbons (Fsp3) is 0.545. The fourth-order valence-corrected chi connectivity index (χ4v) is 2.50. The van der Waals surface area contributed by atoms with Gasteiger partial charge in [-0.2, -0.15) is 4.98 Å². The van der Waals surface area contributed by atoms with Gasteiger partial charge in [0.1, 0.15) is 24.2 Å². The smallest absolute Gasteiger partial charge is 0.351 e. The van der Waals surface area contributed by atoms with Crippen LogP contribution in [0.1, 0.15) is 13.2 Å². The summed E-state index contributed by atoms with van der Waals surface area (Å²) in [6.45, 7) is 1.45. The van der Waals surface area contributed by atoms with Crippen LogP contribution in [0.2, 0.25) is 0 Å². The normalized spacial score (nSPS) is 36.0. The molecule has 8 nitrogen and oxygen atoms in total. The van der Waals surface area contributed by atoms with Crippen LogP contribution in [-0.4, -0.2) is 39.4 Å². The van der Waals surface area contributed by atoms with Gasteiger partial charge in [0, 0.05) is 0 Å². The number of cyclic esters (lactones) is 1. The number of carbonyl (C=O) groups is 1. The molecule has 0 spiro atoms. The number of ether oxygens (including phenoxy) is 2. The van der Waals surface area contributed by atoms with Gasteiger partial charge in [0.25, 0.3) is 0 Å². The molecule has 3 heterocycles. The Kier molecular flexibility index (Phi) is 2.60. The van der Waals surface area contributed by atoms with E-state index < -0.39 is 47.1 Å². The number of nitrogens with zero attached hydrogens (tertiary/aromatic N) is 2. The molecule has 2 aliphatic heterocycles. The van der Waals surface area contributed by atoms with Gasteiger partial charge in [-0.15, -0.1) is 0 Å². The first-order chi connectivity index (χ1) is 9.35. The molecule has 3 rings (SSSR count). The van der Waals surface area contributed by atoms with Gasteiger partial charge < -0.3 is 20.3 Å². The van der Waals surface area contributed by atoms with Crippen LogP contribution < -0.4 is 11.4 Å². The molecule has 0 saturated carbocycles. The molecule has 20 heavy (non-hydrogen) atoms. The van der Waals surface area contributed by atoms with E-state index in [1.54, 1.807) is 0 Å². The number of carbonyl (C=O) groups excluding carboxylic acids is 1. The zero-order chi connectivity index (χ0) is 14.7. The lowest BCUT2D eigenvalue weighted by Crippen LogP contribution is -2.42. The first-order valence-corrected chi connectivity index (χ1v) is 5.90. The molecule has 1 aromatic rings. The molecule has 0 radical (unpaired) electrons. The van der Waals surface area contributed by atoms with Crippen molar-refractivity contribution >= 4 is 11.8 Å². The van der Waals surface area contributed by atoms with Gasteiger partial charge in [0.2, 0.25) is 0 Å². The number of esters is 1. The SMILES string of the molecule is C[C@]12C(=O)OC[C@H]1OC(n1cc(F)c(N)nc1=O)C2O. The van der Waals surface area contributed by atoms with Crippen molar-refractivity contribution < 1.29 is 23.8 Å². The van der Waals surface area contributed by atoms with Crippen molar-refractivity contribution in [2.75, 3.05) is 12.3 Å². The molecule has 2 fully saturated rings. The molecule has 0 aliphatic carbocycles. The summed E-state index contributed by atoms with van der Waals surface area (Å²) in [4.78, 5) is 26.7. The molecular weight excluding hydrogens is 273 g/mol. The summed E-state index contributed by atoms with van der Waals surface area (Å²) in [7, 11) is 0. The molecule has 1 aromatic heterocycles. The lowest BCUT2D eigenvalue weighted by Gasteiger charge is -2.23. The number of rotatable bonds is 1. The van der Waals surface area contributed by atoms with Crippen LogP contribution in [0.4, 0.5) is 10.2 Å². The molecule has 3 N–H and O–H groups in total. The number of nitrogen functional groups attached to an aromatic ring is 1. The Balaban J connectivity index is 2.04. The van der Waals surface area contributed by atoms with E-state index in [1.807, 2.05) is 0 Å². The first-order valence-electron chi connectivity index (χ1n) is 5.90. The van der Waals surface area contributed by atoms with Crippen LogP contribution >= 0.6 is 0 Å². The minimum atomic E-state index is -1.36.